The summed E-state index contributed by atoms with van der Waals surface area (Å²) in [5, 5.41) is 6.11. The molecule has 2 amide bonds. The summed E-state index contributed by atoms with van der Waals surface area (Å²) in [7, 11) is 0. The van der Waals surface area contributed by atoms with Crippen molar-refractivity contribution in [2.75, 3.05) is 0 Å². The van der Waals surface area contributed by atoms with Crippen LogP contribution in [0.5, 0.6) is 11.5 Å². The summed E-state index contributed by atoms with van der Waals surface area (Å²) in [6.07, 6.45) is 11.1. The largest absolute Gasteiger partial charge is 0.412 e. The van der Waals surface area contributed by atoms with Crippen LogP contribution in [-0.4, -0.2) is 24.3 Å². The monoisotopic (exact) mass is 506 g/mol. The third-order valence-corrected chi connectivity index (χ3v) is 8.09. The van der Waals surface area contributed by atoms with Gasteiger partial charge >= 0.3 is 12.2 Å². The number of amides is 2. The second-order valence-corrected chi connectivity index (χ2v) is 10.7. The molecule has 2 aliphatic rings. The summed E-state index contributed by atoms with van der Waals surface area (Å²) in [6.45, 7) is 4.21. The molecule has 2 aromatic rings. The zero-order chi connectivity index (χ0) is 26.0. The smallest absolute Gasteiger partial charge is 0.410 e. The number of carbonyl (C=O) groups excluding carboxylic acids is 2. The van der Waals surface area contributed by atoms with Crippen LogP contribution in [0.15, 0.2) is 48.5 Å². The van der Waals surface area contributed by atoms with Crippen molar-refractivity contribution in [3.8, 4) is 11.5 Å². The van der Waals surface area contributed by atoms with Crippen molar-refractivity contribution in [3.63, 3.8) is 0 Å². The van der Waals surface area contributed by atoms with Crippen LogP contribution >= 0.6 is 0 Å². The molecule has 6 nitrogen and oxygen atoms in total. The molecule has 0 bridgehead atoms. The van der Waals surface area contributed by atoms with E-state index in [1.807, 2.05) is 48.5 Å². The van der Waals surface area contributed by atoms with Gasteiger partial charge in [-0.15, -0.1) is 0 Å². The first-order valence-electron chi connectivity index (χ1n) is 14.1. The van der Waals surface area contributed by atoms with Gasteiger partial charge in [0.05, 0.1) is 0 Å². The number of carbonyl (C=O) groups is 2. The van der Waals surface area contributed by atoms with Crippen LogP contribution < -0.4 is 20.1 Å². The number of hydrogen-bond donors (Lipinski definition) is 2. The van der Waals surface area contributed by atoms with Gasteiger partial charge in [0.15, 0.2) is 0 Å². The van der Waals surface area contributed by atoms with Gasteiger partial charge < -0.3 is 20.1 Å². The first-order chi connectivity index (χ1) is 18.0. The minimum atomic E-state index is -0.352. The summed E-state index contributed by atoms with van der Waals surface area (Å²) in [4.78, 5) is 24.6. The van der Waals surface area contributed by atoms with Crippen LogP contribution in [0, 0.1) is 11.8 Å². The van der Waals surface area contributed by atoms with Crippen LogP contribution in [0.25, 0.3) is 0 Å². The van der Waals surface area contributed by atoms with Gasteiger partial charge in [-0.05, 0) is 118 Å². The predicted molar refractivity (Wildman–Crippen MR) is 146 cm³/mol. The second-order valence-electron chi connectivity index (χ2n) is 10.7. The SMILES string of the molecule is CCc1ccc(OC(=O)NC2CCC(CC3CCC(NC(=O)Oc4ccc(CC)cc4)CC3)CC2)cc1. The van der Waals surface area contributed by atoms with Crippen LogP contribution in [0.4, 0.5) is 9.59 Å². The molecule has 2 aromatic carbocycles. The Balaban J connectivity index is 1.09. The Morgan fingerprint density at radius 2 is 0.973 bits per heavy atom. The zero-order valence-electron chi connectivity index (χ0n) is 22.3. The van der Waals surface area contributed by atoms with Crippen molar-refractivity contribution in [2.45, 2.75) is 96.6 Å². The number of benzene rings is 2. The molecule has 200 valence electrons. The predicted octanol–water partition coefficient (Wildman–Crippen LogP) is 7.20. The fourth-order valence-electron chi connectivity index (χ4n) is 5.75. The minimum absolute atomic E-state index is 0.197. The van der Waals surface area contributed by atoms with E-state index in [-0.39, 0.29) is 24.3 Å². The summed E-state index contributed by atoms with van der Waals surface area (Å²) in [5.41, 5.74) is 2.46. The Hall–Kier alpha value is -3.02. The van der Waals surface area contributed by atoms with E-state index in [2.05, 4.69) is 24.5 Å². The van der Waals surface area contributed by atoms with Crippen LogP contribution in [0.1, 0.15) is 82.8 Å². The zero-order valence-corrected chi connectivity index (χ0v) is 22.3. The summed E-state index contributed by atoms with van der Waals surface area (Å²) >= 11 is 0. The Bertz CT molecular complexity index is 907. The number of nitrogens with one attached hydrogen (secondary N) is 2. The Morgan fingerprint density at radius 3 is 1.30 bits per heavy atom. The van der Waals surface area contributed by atoms with Crippen molar-refractivity contribution in [3.05, 3.63) is 59.7 Å². The lowest BCUT2D eigenvalue weighted by Crippen LogP contribution is -2.40. The highest BCUT2D eigenvalue weighted by Crippen LogP contribution is 2.35. The molecule has 0 heterocycles. The maximum Gasteiger partial charge on any atom is 0.412 e. The van der Waals surface area contributed by atoms with Gasteiger partial charge in [0.1, 0.15) is 11.5 Å². The highest BCUT2D eigenvalue weighted by Gasteiger charge is 2.28. The van der Waals surface area contributed by atoms with Crippen molar-refractivity contribution < 1.29 is 19.1 Å². The van der Waals surface area contributed by atoms with Crippen molar-refractivity contribution >= 4 is 12.2 Å². The number of rotatable bonds is 8. The van der Waals surface area contributed by atoms with E-state index in [0.717, 1.165) is 76.0 Å². The van der Waals surface area contributed by atoms with Crippen LogP contribution in [0.2, 0.25) is 0 Å². The molecule has 2 fully saturated rings. The van der Waals surface area contributed by atoms with Gasteiger partial charge in [0.2, 0.25) is 0 Å². The van der Waals surface area contributed by atoms with Gasteiger partial charge in [-0.1, -0.05) is 38.1 Å². The standard InChI is InChI=1S/C31H42N2O4/c1-3-22-9-17-28(18-10-22)36-30(34)32-26-13-5-24(6-14-26)21-25-7-15-27(16-8-25)33-31(35)37-29-19-11-23(4-2)12-20-29/h9-12,17-20,24-27H,3-8,13-16,21H2,1-2H3,(H,32,34)(H,33,35). The van der Waals surface area contributed by atoms with Crippen molar-refractivity contribution in [2.24, 2.45) is 11.8 Å². The third-order valence-electron chi connectivity index (χ3n) is 8.09. The van der Waals surface area contributed by atoms with E-state index >= 15 is 0 Å². The highest BCUT2D eigenvalue weighted by atomic mass is 16.6. The van der Waals surface area contributed by atoms with E-state index in [4.69, 9.17) is 9.47 Å². The Morgan fingerprint density at radius 1 is 0.622 bits per heavy atom. The van der Waals surface area contributed by atoms with E-state index < -0.39 is 0 Å². The molecule has 37 heavy (non-hydrogen) atoms. The maximum absolute atomic E-state index is 12.3. The fourth-order valence-corrected chi connectivity index (χ4v) is 5.75. The minimum Gasteiger partial charge on any atom is -0.410 e. The Labute approximate surface area is 221 Å². The number of aryl methyl sites for hydroxylation is 2. The first kappa shape index (κ1) is 27.0. The molecule has 2 aliphatic carbocycles. The molecular weight excluding hydrogens is 464 g/mol. The normalized spacial score (nSPS) is 23.6. The summed E-state index contributed by atoms with van der Waals surface area (Å²) < 4.78 is 10.9. The van der Waals surface area contributed by atoms with Gasteiger partial charge in [-0.25, -0.2) is 9.59 Å². The number of hydrogen-bond acceptors (Lipinski definition) is 4. The molecule has 4 rings (SSSR count). The molecule has 0 spiro atoms. The van der Waals surface area contributed by atoms with E-state index in [1.165, 1.54) is 17.5 Å². The Kier molecular flexibility index (Phi) is 9.86. The van der Waals surface area contributed by atoms with Gasteiger partial charge in [-0.3, -0.25) is 0 Å². The van der Waals surface area contributed by atoms with Crippen LogP contribution in [-0.2, 0) is 12.8 Å². The van der Waals surface area contributed by atoms with E-state index in [9.17, 15) is 9.59 Å². The molecule has 0 unspecified atom stereocenters. The molecule has 0 saturated heterocycles. The molecule has 2 saturated carbocycles. The van der Waals surface area contributed by atoms with Crippen molar-refractivity contribution in [1.29, 1.82) is 0 Å². The fraction of sp³-hybridized carbons (Fsp3) is 0.548. The summed E-state index contributed by atoms with van der Waals surface area (Å²) in [6, 6.07) is 15.8. The van der Waals surface area contributed by atoms with Gasteiger partial charge in [0.25, 0.3) is 0 Å². The molecule has 0 aromatic heterocycles. The topological polar surface area (TPSA) is 76.7 Å². The molecule has 6 heteroatoms. The van der Waals surface area contributed by atoms with E-state index in [0.29, 0.717) is 11.5 Å². The van der Waals surface area contributed by atoms with Gasteiger partial charge in [0, 0.05) is 12.1 Å². The average Bonchev–Trinajstić information content (AvgIpc) is 2.92. The average molecular weight is 507 g/mol. The molecule has 0 atom stereocenters. The van der Waals surface area contributed by atoms with Gasteiger partial charge in [-0.2, -0.15) is 0 Å². The molecule has 0 aliphatic heterocycles. The molecular formula is C31H42N2O4. The molecule has 0 radical (unpaired) electrons. The van der Waals surface area contributed by atoms with E-state index in [1.54, 1.807) is 0 Å². The third kappa shape index (κ3) is 8.51. The summed E-state index contributed by atoms with van der Waals surface area (Å²) in [5.74, 6) is 2.63. The lowest BCUT2D eigenvalue weighted by molar-refractivity contribution is 0.175. The molecule has 2 N–H and O–H groups in total. The lowest BCUT2D eigenvalue weighted by atomic mass is 9.76. The lowest BCUT2D eigenvalue weighted by Gasteiger charge is -2.34. The second kappa shape index (κ2) is 13.5. The van der Waals surface area contributed by atoms with Crippen molar-refractivity contribution in [1.82, 2.24) is 10.6 Å². The first-order valence-corrected chi connectivity index (χ1v) is 14.1. The van der Waals surface area contributed by atoms with Crippen LogP contribution in [0.3, 0.4) is 0 Å². The highest BCUT2D eigenvalue weighted by molar-refractivity contribution is 5.71. The quantitative estimate of drug-likeness (QED) is 0.397. The number of ether oxygens (including phenoxy) is 2. The maximum atomic E-state index is 12.3.